The summed E-state index contributed by atoms with van der Waals surface area (Å²) in [7, 11) is 1.59. The number of rotatable bonds is 3. The monoisotopic (exact) mass is 245 g/mol. The molecular weight excluding hydrogens is 230 g/mol. The van der Waals surface area contributed by atoms with Crippen molar-refractivity contribution in [2.45, 2.75) is 13.5 Å². The maximum absolute atomic E-state index is 11.1. The first kappa shape index (κ1) is 12.1. The molecule has 0 fully saturated rings. The number of hydrogen-bond acceptors (Lipinski definition) is 3. The van der Waals surface area contributed by atoms with E-state index in [2.05, 4.69) is 20.6 Å². The second kappa shape index (κ2) is 5.31. The van der Waals surface area contributed by atoms with Crippen LogP contribution in [-0.2, 0) is 6.54 Å². The average molecular weight is 245 g/mol. The van der Waals surface area contributed by atoms with E-state index in [1.165, 1.54) is 0 Å². The Hall–Kier alpha value is -2.37. The summed E-state index contributed by atoms with van der Waals surface area (Å²) in [5, 5.41) is 5.24. The number of pyridine rings is 1. The first-order valence-corrected chi connectivity index (χ1v) is 5.61. The van der Waals surface area contributed by atoms with Crippen molar-refractivity contribution in [3.8, 4) is 5.82 Å². The lowest BCUT2D eigenvalue weighted by Gasteiger charge is -2.07. The van der Waals surface area contributed by atoms with Crippen LogP contribution in [0.1, 0.15) is 11.4 Å². The molecule has 0 bridgehead atoms. The maximum Gasteiger partial charge on any atom is 0.314 e. The van der Waals surface area contributed by atoms with Crippen LogP contribution in [-0.4, -0.2) is 27.6 Å². The molecule has 6 nitrogen and oxygen atoms in total. The van der Waals surface area contributed by atoms with Crippen molar-refractivity contribution >= 4 is 6.03 Å². The summed E-state index contributed by atoms with van der Waals surface area (Å²) in [6, 6.07) is 3.59. The van der Waals surface area contributed by atoms with Gasteiger partial charge in [0.15, 0.2) is 0 Å². The van der Waals surface area contributed by atoms with Gasteiger partial charge < -0.3 is 10.6 Å². The van der Waals surface area contributed by atoms with Gasteiger partial charge in [0, 0.05) is 32.2 Å². The molecule has 2 aromatic heterocycles. The lowest BCUT2D eigenvalue weighted by molar-refractivity contribution is 0.242. The van der Waals surface area contributed by atoms with Crippen LogP contribution < -0.4 is 10.6 Å². The van der Waals surface area contributed by atoms with Gasteiger partial charge in [-0.3, -0.25) is 4.57 Å². The number of carbonyl (C=O) groups excluding carboxylic acids is 1. The molecule has 0 aliphatic heterocycles. The van der Waals surface area contributed by atoms with E-state index in [4.69, 9.17) is 0 Å². The molecule has 2 N–H and O–H groups in total. The zero-order chi connectivity index (χ0) is 13.0. The number of carbonyl (C=O) groups is 1. The number of nitrogens with one attached hydrogen (secondary N) is 2. The number of urea groups is 1. The molecule has 0 radical (unpaired) electrons. The van der Waals surface area contributed by atoms with Gasteiger partial charge in [-0.2, -0.15) is 0 Å². The minimum Gasteiger partial charge on any atom is -0.341 e. The van der Waals surface area contributed by atoms with E-state index in [0.29, 0.717) is 6.54 Å². The van der Waals surface area contributed by atoms with Crippen LogP contribution >= 0.6 is 0 Å². The molecule has 0 aliphatic rings. The fourth-order valence-corrected chi connectivity index (χ4v) is 1.59. The highest BCUT2D eigenvalue weighted by molar-refractivity contribution is 5.73. The fourth-order valence-electron chi connectivity index (χ4n) is 1.59. The second-order valence-electron chi connectivity index (χ2n) is 3.80. The summed E-state index contributed by atoms with van der Waals surface area (Å²) >= 11 is 0. The van der Waals surface area contributed by atoms with Gasteiger partial charge in [-0.1, -0.05) is 0 Å². The van der Waals surface area contributed by atoms with Gasteiger partial charge in [0.1, 0.15) is 11.6 Å². The van der Waals surface area contributed by atoms with E-state index >= 15 is 0 Å². The Labute approximate surface area is 105 Å². The van der Waals surface area contributed by atoms with E-state index in [9.17, 15) is 4.79 Å². The van der Waals surface area contributed by atoms with Gasteiger partial charge in [0.2, 0.25) is 0 Å². The topological polar surface area (TPSA) is 71.8 Å². The van der Waals surface area contributed by atoms with Gasteiger partial charge in [0.05, 0.1) is 0 Å². The molecule has 2 aromatic rings. The zero-order valence-corrected chi connectivity index (χ0v) is 10.3. The SMILES string of the molecule is CNC(=O)NCc1ccnc(-n2ccnc2C)c1. The zero-order valence-electron chi connectivity index (χ0n) is 10.3. The van der Waals surface area contributed by atoms with E-state index < -0.39 is 0 Å². The fraction of sp³-hybridized carbons (Fsp3) is 0.250. The molecule has 2 amide bonds. The normalized spacial score (nSPS) is 10.1. The van der Waals surface area contributed by atoms with Gasteiger partial charge >= 0.3 is 6.03 Å². The van der Waals surface area contributed by atoms with Gasteiger partial charge in [-0.15, -0.1) is 0 Å². The smallest absolute Gasteiger partial charge is 0.314 e. The Kier molecular flexibility index (Phi) is 3.57. The van der Waals surface area contributed by atoms with Gasteiger partial charge in [0.25, 0.3) is 0 Å². The molecule has 0 unspecified atom stereocenters. The third kappa shape index (κ3) is 2.65. The Bertz CT molecular complexity index is 549. The van der Waals surface area contributed by atoms with Crippen LogP contribution in [0.3, 0.4) is 0 Å². The summed E-state index contributed by atoms with van der Waals surface area (Å²) in [6.07, 6.45) is 5.30. The van der Waals surface area contributed by atoms with Crippen LogP contribution in [0.5, 0.6) is 0 Å². The van der Waals surface area contributed by atoms with Crippen molar-refractivity contribution in [2.75, 3.05) is 7.05 Å². The number of aromatic nitrogens is 3. The Balaban J connectivity index is 2.15. The molecule has 2 heterocycles. The number of imidazole rings is 1. The van der Waals surface area contributed by atoms with Crippen molar-refractivity contribution in [2.24, 2.45) is 0 Å². The molecule has 0 atom stereocenters. The highest BCUT2D eigenvalue weighted by Crippen LogP contribution is 2.09. The number of aryl methyl sites for hydroxylation is 1. The standard InChI is InChI=1S/C12H15N5O/c1-9-14-5-6-17(9)11-7-10(3-4-15-11)8-16-12(18)13-2/h3-7H,8H2,1-2H3,(H2,13,16,18). The van der Waals surface area contributed by atoms with Gasteiger partial charge in [-0.05, 0) is 24.6 Å². The van der Waals surface area contributed by atoms with Gasteiger partial charge in [-0.25, -0.2) is 14.8 Å². The molecule has 0 aliphatic carbocycles. The molecule has 0 aromatic carbocycles. The molecule has 2 rings (SSSR count). The van der Waals surface area contributed by atoms with E-state index in [1.807, 2.05) is 29.8 Å². The highest BCUT2D eigenvalue weighted by atomic mass is 16.2. The summed E-state index contributed by atoms with van der Waals surface area (Å²) in [5.74, 6) is 1.67. The van der Waals surface area contributed by atoms with Crippen molar-refractivity contribution in [3.63, 3.8) is 0 Å². The predicted molar refractivity (Wildman–Crippen MR) is 67.4 cm³/mol. The molecular formula is C12H15N5O. The first-order valence-electron chi connectivity index (χ1n) is 5.61. The molecule has 6 heteroatoms. The molecule has 94 valence electrons. The molecule has 0 saturated heterocycles. The quantitative estimate of drug-likeness (QED) is 0.847. The Morgan fingerprint density at radius 2 is 2.22 bits per heavy atom. The van der Waals surface area contributed by atoms with Crippen LogP contribution in [0.4, 0.5) is 4.79 Å². The van der Waals surface area contributed by atoms with E-state index in [1.54, 1.807) is 19.4 Å². The lowest BCUT2D eigenvalue weighted by Crippen LogP contribution is -2.32. The average Bonchev–Trinajstić information content (AvgIpc) is 2.82. The summed E-state index contributed by atoms with van der Waals surface area (Å²) in [6.45, 7) is 2.38. The first-order chi connectivity index (χ1) is 8.70. The molecule has 0 spiro atoms. The number of nitrogens with zero attached hydrogens (tertiary/aromatic N) is 3. The third-order valence-corrected chi connectivity index (χ3v) is 2.56. The second-order valence-corrected chi connectivity index (χ2v) is 3.80. The minimum absolute atomic E-state index is 0.202. The predicted octanol–water partition coefficient (Wildman–Crippen LogP) is 1.00. The minimum atomic E-state index is -0.202. The largest absolute Gasteiger partial charge is 0.341 e. The lowest BCUT2D eigenvalue weighted by atomic mass is 10.2. The van der Waals surface area contributed by atoms with E-state index in [0.717, 1.165) is 17.2 Å². The van der Waals surface area contributed by atoms with Crippen LogP contribution in [0.15, 0.2) is 30.7 Å². The maximum atomic E-state index is 11.1. The third-order valence-electron chi connectivity index (χ3n) is 2.56. The Morgan fingerprint density at radius 1 is 1.39 bits per heavy atom. The van der Waals surface area contributed by atoms with E-state index in [-0.39, 0.29) is 6.03 Å². The number of hydrogen-bond donors (Lipinski definition) is 2. The van der Waals surface area contributed by atoms with Crippen LogP contribution in [0.2, 0.25) is 0 Å². The van der Waals surface area contributed by atoms with Crippen molar-refractivity contribution in [3.05, 3.63) is 42.1 Å². The summed E-state index contributed by atoms with van der Waals surface area (Å²) in [4.78, 5) is 19.5. The van der Waals surface area contributed by atoms with Crippen molar-refractivity contribution in [1.82, 2.24) is 25.2 Å². The van der Waals surface area contributed by atoms with Crippen molar-refractivity contribution in [1.29, 1.82) is 0 Å². The summed E-state index contributed by atoms with van der Waals surface area (Å²) < 4.78 is 1.89. The van der Waals surface area contributed by atoms with Crippen molar-refractivity contribution < 1.29 is 4.79 Å². The molecule has 18 heavy (non-hydrogen) atoms. The number of amides is 2. The highest BCUT2D eigenvalue weighted by Gasteiger charge is 2.03. The van der Waals surface area contributed by atoms with Crippen LogP contribution in [0.25, 0.3) is 5.82 Å². The molecule has 0 saturated carbocycles. The van der Waals surface area contributed by atoms with Crippen LogP contribution in [0, 0.1) is 6.92 Å². The Morgan fingerprint density at radius 3 is 2.89 bits per heavy atom. The summed E-state index contributed by atoms with van der Waals surface area (Å²) in [5.41, 5.74) is 0.983.